The van der Waals surface area contributed by atoms with Crippen LogP contribution in [0.25, 0.3) is 0 Å². The molecular formula is C48H70Na4O49S4. The third-order valence-corrected chi connectivity index (χ3v) is 20.3. The zero-order valence-corrected chi connectivity index (χ0v) is 66.2. The number of hydrogen-bond donors (Lipinski definition) is 14. The van der Waals surface area contributed by atoms with Crippen LogP contribution in [0.15, 0.2) is 0 Å². The maximum Gasteiger partial charge on any atom is 1.00 e. The fraction of sp³-hybridized carbons (Fsp3) is 1.00. The van der Waals surface area contributed by atoms with Crippen molar-refractivity contribution in [2.75, 3.05) is 52.9 Å². The van der Waals surface area contributed by atoms with Gasteiger partial charge in [0.05, 0.1) is 52.9 Å². The van der Waals surface area contributed by atoms with Crippen LogP contribution in [0.3, 0.4) is 0 Å². The van der Waals surface area contributed by atoms with Crippen molar-refractivity contribution >= 4 is 41.6 Å². The van der Waals surface area contributed by atoms with Gasteiger partial charge < -0.3 is 180 Å². The predicted molar refractivity (Wildman–Crippen MR) is 285 cm³/mol. The number of aliphatic hydroxyl groups excluding tert-OH is 14. The third-order valence-electron chi connectivity index (χ3n) is 18.4. The first kappa shape index (κ1) is 92.7. The van der Waals surface area contributed by atoms with Gasteiger partial charge in [0.2, 0.25) is 41.6 Å². The number of ether oxygens (including phenoxy) is 19. The molecule has 40 atom stereocenters. The van der Waals surface area contributed by atoms with Crippen LogP contribution in [-0.2, 0) is 148 Å². The fourth-order valence-electron chi connectivity index (χ4n) is 13.9. The minimum Gasteiger partial charge on any atom is -0.726 e. The van der Waals surface area contributed by atoms with E-state index in [4.69, 9.17) is 90.0 Å². The Bertz CT molecular complexity index is 3300. The van der Waals surface area contributed by atoms with Crippen LogP contribution in [0.4, 0.5) is 0 Å². The summed E-state index contributed by atoms with van der Waals surface area (Å²) in [5.41, 5.74) is 0. The molecule has 12 aliphatic heterocycles. The average molecular weight is 1650 g/mol. The molecule has 0 aromatic rings. The summed E-state index contributed by atoms with van der Waals surface area (Å²) in [5, 5.41) is 154. The minimum atomic E-state index is -5.85. The standard InChI is InChI=1S/C48H74O49S4.4Na/c49-1-9-29(94-98(63,64)65)37(18(54)41(62)79-9)90-43-20(56)34-26(14(84-43)6-76-34)87-47-24(60)39(31(11(3-51)81-47)96-100(69,70)71)92-45-22(58)36-28(16(86-45)8-78-36)89-48-25(61)40(32(12(4-52)82-48)97-101(72,73)74)93-44-21(57)35-27(15(85-44)7-77-35)88-46-23(59)38(30(10(2-50)80-46)95-99(66,67)68)91-42-19(55)33-17(53)13(83-42)5-75-33;;;;/h9-62H,1-8H2,(H,63,64,65)(H,66,67,68)(H,69,70,71)(H,72,73,74);;;;/q;4*+1/p-4/t9-,10+,11-,12-,13+,14+,15+,16+,17-,18+,19-,20+,21-,22+,23-,24+,25?,26+,27-,28+,29+,30-,31+,32+,33+,34+,35-,36+,37+,38+,39+,40+,41?,42+,43-,44+,45-,46-,47-,48-;;;;/m1..../s1. The fourth-order valence-corrected chi connectivity index (χ4v) is 15.9. The molecule has 0 spiro atoms. The van der Waals surface area contributed by atoms with Crippen molar-refractivity contribution in [3.05, 3.63) is 0 Å². The maximum atomic E-state index is 12.2. The van der Waals surface area contributed by atoms with Crippen LogP contribution in [-0.4, -0.2) is 422 Å². The van der Waals surface area contributed by atoms with E-state index in [9.17, 15) is 123 Å². The largest absolute Gasteiger partial charge is 1.00 e. The summed E-state index contributed by atoms with van der Waals surface area (Å²) < 4.78 is 271. The Balaban J connectivity index is 0.00000348. The van der Waals surface area contributed by atoms with E-state index in [2.05, 4.69) is 16.7 Å². The zero-order chi connectivity index (χ0) is 73.0. The van der Waals surface area contributed by atoms with Gasteiger partial charge in [-0.3, -0.25) is 16.7 Å². The van der Waals surface area contributed by atoms with Crippen molar-refractivity contribution < 1.29 is 348 Å². The molecule has 57 heteroatoms. The monoisotopic (exact) mass is 1650 g/mol. The SMILES string of the molecule is O=S(=O)([O-])O[C@@H]1[C@@H](O[C@H]2O[C@H]3CO[C@@H]([C@@H]2O)[C@H]3O[C@H]2O[C@H](CO)[C@H](OS(=O)(=O)[O-])[C@@H](O[C@H]3O[C@H]4CO[C@@H]([C@@H]3O)[C@H]4O[C@H]3O[C@H](CO)[C@H](OS(=O)(=O)[O-])[C@@H](O[C@@H]4O[C@H]5CO[C@H]([C@H]4O)[C@@H]5O[C@H]4O[C@@H](CO)[C@@H](OS(=O)(=O)[O-])[C@@H](O[C@@H]5O[C@H]6CO[C@H]([C@H]5O)[C@@H]6O)[C@H]4O)C3O)[C@@H]2O)[C@H](O)C(O)O[C@@H]1CO.[Na+].[Na+].[Na+].[Na+]. The normalized spacial score (nSPS) is 49.0. The topological polar surface area (TPSA) is 724 Å². The van der Waals surface area contributed by atoms with Gasteiger partial charge in [0.1, 0.15) is 195 Å². The molecule has 0 amide bonds. The Labute approximate surface area is 682 Å². The Morgan fingerprint density at radius 2 is 0.486 bits per heavy atom. The molecule has 2 unspecified atom stereocenters. The van der Waals surface area contributed by atoms with E-state index in [1.54, 1.807) is 0 Å². The second-order valence-electron chi connectivity index (χ2n) is 24.8. The van der Waals surface area contributed by atoms with Gasteiger partial charge in [-0.2, -0.15) is 0 Å². The van der Waals surface area contributed by atoms with E-state index in [1.807, 2.05) is 0 Å². The summed E-state index contributed by atoms with van der Waals surface area (Å²) in [7, 11) is -23.0. The van der Waals surface area contributed by atoms with E-state index >= 15 is 0 Å². The van der Waals surface area contributed by atoms with Crippen molar-refractivity contribution in [2.24, 2.45) is 0 Å². The van der Waals surface area contributed by atoms with Crippen LogP contribution in [0.5, 0.6) is 0 Å². The third kappa shape index (κ3) is 20.3. The van der Waals surface area contributed by atoms with Crippen LogP contribution in [0, 0.1) is 0 Å². The molecule has 14 N–H and O–H groups in total. The Kier molecular flexibility index (Phi) is 33.0. The van der Waals surface area contributed by atoms with Gasteiger partial charge in [0.25, 0.3) is 0 Å². The second-order valence-corrected chi connectivity index (χ2v) is 28.8. The molecule has 0 aliphatic carbocycles. The van der Waals surface area contributed by atoms with E-state index in [1.165, 1.54) is 0 Å². The Morgan fingerprint density at radius 1 is 0.267 bits per heavy atom. The Hall–Kier alpha value is 2.16. The molecular weight excluding hydrogens is 1580 g/mol. The first-order valence-electron chi connectivity index (χ1n) is 30.6. The average Bonchev–Trinajstić information content (AvgIpc) is 1.66. The number of hydrogen-bond acceptors (Lipinski definition) is 49. The minimum absolute atomic E-state index is 0. The number of aliphatic hydroxyl groups is 14. The van der Waals surface area contributed by atoms with Crippen LogP contribution in [0.1, 0.15) is 0 Å². The quantitative estimate of drug-likeness (QED) is 0.0217. The second kappa shape index (κ2) is 37.4. The van der Waals surface area contributed by atoms with E-state index in [-0.39, 0.29) is 125 Å². The molecule has 12 heterocycles. The molecule has 12 rings (SSSR count). The zero-order valence-electron chi connectivity index (χ0n) is 54.9. The van der Waals surface area contributed by atoms with Crippen molar-refractivity contribution in [3.63, 3.8) is 0 Å². The molecule has 0 aromatic heterocycles. The molecule has 49 nitrogen and oxygen atoms in total. The van der Waals surface area contributed by atoms with Crippen molar-refractivity contribution in [1.82, 2.24) is 0 Å². The van der Waals surface area contributed by atoms with Crippen molar-refractivity contribution in [1.29, 1.82) is 0 Å². The molecule has 0 aromatic carbocycles. The van der Waals surface area contributed by atoms with Gasteiger partial charge >= 0.3 is 118 Å². The van der Waals surface area contributed by atoms with Gasteiger partial charge in [0, 0.05) is 0 Å². The first-order valence-corrected chi connectivity index (χ1v) is 35.9. The summed E-state index contributed by atoms with van der Waals surface area (Å²) >= 11 is 0. The molecule has 105 heavy (non-hydrogen) atoms. The van der Waals surface area contributed by atoms with Gasteiger partial charge in [-0.15, -0.1) is 0 Å². The molecule has 12 fully saturated rings. The van der Waals surface area contributed by atoms with Gasteiger partial charge in [0.15, 0.2) is 50.3 Å². The maximum absolute atomic E-state index is 12.2. The predicted octanol–water partition coefficient (Wildman–Crippen LogP) is -28.3. The molecule has 584 valence electrons. The molecule has 0 radical (unpaired) electrons. The Morgan fingerprint density at radius 3 is 0.762 bits per heavy atom. The van der Waals surface area contributed by atoms with Gasteiger partial charge in [-0.05, 0) is 0 Å². The first-order chi connectivity index (χ1) is 47.5. The molecule has 12 aliphatic rings. The summed E-state index contributed by atoms with van der Waals surface area (Å²) in [6.45, 7) is -6.59. The van der Waals surface area contributed by atoms with Gasteiger partial charge in [-0.25, -0.2) is 33.7 Å². The summed E-state index contributed by atoms with van der Waals surface area (Å²) in [4.78, 5) is 0. The number of fused-ring (bicyclic) bond motifs is 8. The van der Waals surface area contributed by atoms with Crippen molar-refractivity contribution in [3.8, 4) is 0 Å². The van der Waals surface area contributed by atoms with E-state index < -0.39 is 333 Å². The van der Waals surface area contributed by atoms with E-state index in [0.29, 0.717) is 0 Å². The molecule has 8 bridgehead atoms. The van der Waals surface area contributed by atoms with Crippen LogP contribution in [0.2, 0.25) is 0 Å². The number of rotatable bonds is 26. The van der Waals surface area contributed by atoms with Gasteiger partial charge in [-0.1, -0.05) is 0 Å². The van der Waals surface area contributed by atoms with Crippen LogP contribution < -0.4 is 118 Å². The van der Waals surface area contributed by atoms with Crippen molar-refractivity contribution in [2.45, 2.75) is 246 Å². The molecule has 12 saturated heterocycles. The van der Waals surface area contributed by atoms with E-state index in [0.717, 1.165) is 0 Å². The van der Waals surface area contributed by atoms with Crippen LogP contribution >= 0.6 is 0 Å². The summed E-state index contributed by atoms with van der Waals surface area (Å²) in [5.74, 6) is 0. The summed E-state index contributed by atoms with van der Waals surface area (Å²) in [6, 6.07) is 0. The molecule has 0 saturated carbocycles. The smallest absolute Gasteiger partial charge is 0.726 e. The summed E-state index contributed by atoms with van der Waals surface area (Å²) in [6.07, 6.45) is -77.6.